The Kier molecular flexibility index (Phi) is 5.71. The van der Waals surface area contributed by atoms with E-state index in [1.165, 1.54) is 11.8 Å². The Morgan fingerprint density at radius 2 is 1.94 bits per heavy atom. The standard InChI is InChI=1S/C13H17NO3S/c1-9(13(16)17)12(15)14-8-7-10-3-5-11(18-2)6-4-10/h3-6,9H,7-8H2,1-2H3,(H,14,15)(H,16,17). The molecule has 0 heterocycles. The quantitative estimate of drug-likeness (QED) is 0.609. The highest BCUT2D eigenvalue weighted by Crippen LogP contribution is 2.14. The second-order valence-electron chi connectivity index (χ2n) is 3.95. The maximum atomic E-state index is 11.4. The van der Waals surface area contributed by atoms with Crippen molar-refractivity contribution < 1.29 is 14.7 Å². The van der Waals surface area contributed by atoms with E-state index in [9.17, 15) is 9.59 Å². The lowest BCUT2D eigenvalue weighted by Crippen LogP contribution is -2.34. The van der Waals surface area contributed by atoms with Gasteiger partial charge in [-0.25, -0.2) is 0 Å². The van der Waals surface area contributed by atoms with Crippen molar-refractivity contribution in [2.24, 2.45) is 5.92 Å². The Bertz CT molecular complexity index is 417. The Hall–Kier alpha value is -1.49. The minimum Gasteiger partial charge on any atom is -0.481 e. The number of aliphatic carboxylic acids is 1. The fraction of sp³-hybridized carbons (Fsp3) is 0.385. The largest absolute Gasteiger partial charge is 0.481 e. The molecule has 0 aliphatic rings. The van der Waals surface area contributed by atoms with Gasteiger partial charge in [0, 0.05) is 11.4 Å². The van der Waals surface area contributed by atoms with Gasteiger partial charge in [-0.2, -0.15) is 0 Å². The summed E-state index contributed by atoms with van der Waals surface area (Å²) in [6.07, 6.45) is 2.72. The molecule has 1 amide bonds. The molecule has 5 heteroatoms. The average molecular weight is 267 g/mol. The van der Waals surface area contributed by atoms with E-state index >= 15 is 0 Å². The minimum absolute atomic E-state index is 0.441. The molecule has 1 rings (SSSR count). The van der Waals surface area contributed by atoms with Gasteiger partial charge in [0.15, 0.2) is 0 Å². The maximum absolute atomic E-state index is 11.4. The molecule has 0 aliphatic heterocycles. The van der Waals surface area contributed by atoms with Crippen LogP contribution in [-0.4, -0.2) is 29.8 Å². The van der Waals surface area contributed by atoms with Gasteiger partial charge in [-0.15, -0.1) is 11.8 Å². The second-order valence-corrected chi connectivity index (χ2v) is 4.83. The monoisotopic (exact) mass is 267 g/mol. The summed E-state index contributed by atoms with van der Waals surface area (Å²) in [4.78, 5) is 23.2. The van der Waals surface area contributed by atoms with Crippen LogP contribution < -0.4 is 5.32 Å². The first-order chi connectivity index (χ1) is 8.54. The number of benzene rings is 1. The molecule has 0 aromatic heterocycles. The molecular formula is C13H17NO3S. The van der Waals surface area contributed by atoms with Crippen molar-refractivity contribution in [2.75, 3.05) is 12.8 Å². The van der Waals surface area contributed by atoms with Crippen LogP contribution in [0.15, 0.2) is 29.2 Å². The molecule has 1 atom stereocenters. The predicted octanol–water partition coefficient (Wildman–Crippen LogP) is 1.79. The molecule has 1 aromatic carbocycles. The van der Waals surface area contributed by atoms with E-state index in [0.717, 1.165) is 5.56 Å². The second kappa shape index (κ2) is 7.06. The number of carbonyl (C=O) groups is 2. The van der Waals surface area contributed by atoms with Crippen LogP contribution in [0.2, 0.25) is 0 Å². The van der Waals surface area contributed by atoms with Gasteiger partial charge in [0.1, 0.15) is 5.92 Å². The number of hydrogen-bond donors (Lipinski definition) is 2. The zero-order valence-electron chi connectivity index (χ0n) is 10.5. The fourth-order valence-corrected chi connectivity index (χ4v) is 1.80. The lowest BCUT2D eigenvalue weighted by Gasteiger charge is -2.08. The van der Waals surface area contributed by atoms with Gasteiger partial charge in [0.2, 0.25) is 5.91 Å². The number of rotatable bonds is 6. The zero-order chi connectivity index (χ0) is 13.5. The lowest BCUT2D eigenvalue weighted by atomic mass is 10.1. The van der Waals surface area contributed by atoms with E-state index in [-0.39, 0.29) is 0 Å². The van der Waals surface area contributed by atoms with Crippen molar-refractivity contribution in [3.8, 4) is 0 Å². The van der Waals surface area contributed by atoms with E-state index in [2.05, 4.69) is 5.32 Å². The Morgan fingerprint density at radius 1 is 1.33 bits per heavy atom. The zero-order valence-corrected chi connectivity index (χ0v) is 11.3. The Labute approximate surface area is 111 Å². The molecule has 4 nitrogen and oxygen atoms in total. The molecule has 98 valence electrons. The third kappa shape index (κ3) is 4.41. The summed E-state index contributed by atoms with van der Waals surface area (Å²) in [7, 11) is 0. The molecule has 0 saturated carbocycles. The number of amides is 1. The summed E-state index contributed by atoms with van der Waals surface area (Å²) in [5.74, 6) is -2.54. The maximum Gasteiger partial charge on any atom is 0.315 e. The molecule has 1 unspecified atom stereocenters. The highest BCUT2D eigenvalue weighted by Gasteiger charge is 2.19. The summed E-state index contributed by atoms with van der Waals surface area (Å²) < 4.78 is 0. The summed E-state index contributed by atoms with van der Waals surface area (Å²) in [6, 6.07) is 8.08. The van der Waals surface area contributed by atoms with Crippen molar-refractivity contribution in [2.45, 2.75) is 18.2 Å². The van der Waals surface area contributed by atoms with E-state index in [4.69, 9.17) is 5.11 Å². The van der Waals surface area contributed by atoms with E-state index in [1.54, 1.807) is 11.8 Å². The summed E-state index contributed by atoms with van der Waals surface area (Å²) in [5.41, 5.74) is 1.12. The number of thioether (sulfide) groups is 1. The normalized spacial score (nSPS) is 11.9. The number of hydrogen-bond acceptors (Lipinski definition) is 3. The molecule has 18 heavy (non-hydrogen) atoms. The van der Waals surface area contributed by atoms with Gasteiger partial charge in [-0.1, -0.05) is 12.1 Å². The smallest absolute Gasteiger partial charge is 0.315 e. The first-order valence-electron chi connectivity index (χ1n) is 5.68. The van der Waals surface area contributed by atoms with Gasteiger partial charge in [0.05, 0.1) is 0 Å². The van der Waals surface area contributed by atoms with Crippen LogP contribution in [0.4, 0.5) is 0 Å². The number of carbonyl (C=O) groups excluding carboxylic acids is 1. The van der Waals surface area contributed by atoms with E-state index < -0.39 is 17.8 Å². The van der Waals surface area contributed by atoms with Gasteiger partial charge < -0.3 is 10.4 Å². The van der Waals surface area contributed by atoms with Crippen molar-refractivity contribution >= 4 is 23.6 Å². The number of carboxylic acid groups (broad SMARTS) is 1. The van der Waals surface area contributed by atoms with Gasteiger partial charge in [-0.05, 0) is 37.3 Å². The van der Waals surface area contributed by atoms with Crippen molar-refractivity contribution in [3.63, 3.8) is 0 Å². The van der Waals surface area contributed by atoms with Crippen molar-refractivity contribution in [1.82, 2.24) is 5.32 Å². The number of carboxylic acids is 1. The van der Waals surface area contributed by atoms with Crippen molar-refractivity contribution in [1.29, 1.82) is 0 Å². The van der Waals surface area contributed by atoms with Crippen LogP contribution in [0.5, 0.6) is 0 Å². The van der Waals surface area contributed by atoms with Crippen molar-refractivity contribution in [3.05, 3.63) is 29.8 Å². The predicted molar refractivity (Wildman–Crippen MR) is 71.7 cm³/mol. The molecule has 0 bridgehead atoms. The molecular weight excluding hydrogens is 250 g/mol. The summed E-state index contributed by atoms with van der Waals surface area (Å²) >= 11 is 1.68. The first-order valence-corrected chi connectivity index (χ1v) is 6.90. The Balaban J connectivity index is 2.37. The van der Waals surface area contributed by atoms with Crippen LogP contribution in [0, 0.1) is 5.92 Å². The minimum atomic E-state index is -1.10. The molecule has 0 spiro atoms. The lowest BCUT2D eigenvalue weighted by molar-refractivity contribution is -0.146. The van der Waals surface area contributed by atoms with Gasteiger partial charge >= 0.3 is 5.97 Å². The van der Waals surface area contributed by atoms with E-state index in [0.29, 0.717) is 13.0 Å². The average Bonchev–Trinajstić information content (AvgIpc) is 2.38. The fourth-order valence-electron chi connectivity index (χ4n) is 1.39. The van der Waals surface area contributed by atoms with Crippen LogP contribution >= 0.6 is 11.8 Å². The van der Waals surface area contributed by atoms with Crippen LogP contribution in [0.3, 0.4) is 0 Å². The van der Waals surface area contributed by atoms with Crippen LogP contribution in [-0.2, 0) is 16.0 Å². The van der Waals surface area contributed by atoms with E-state index in [1.807, 2.05) is 30.5 Å². The highest BCUT2D eigenvalue weighted by atomic mass is 32.2. The Morgan fingerprint density at radius 3 is 2.44 bits per heavy atom. The number of nitrogens with one attached hydrogen (secondary N) is 1. The molecule has 0 saturated heterocycles. The van der Waals surface area contributed by atoms with Crippen LogP contribution in [0.1, 0.15) is 12.5 Å². The highest BCUT2D eigenvalue weighted by molar-refractivity contribution is 7.98. The first kappa shape index (κ1) is 14.6. The van der Waals surface area contributed by atoms with Crippen LogP contribution in [0.25, 0.3) is 0 Å². The molecule has 1 aromatic rings. The third-order valence-electron chi connectivity index (χ3n) is 2.64. The molecule has 0 fully saturated rings. The third-order valence-corrected chi connectivity index (χ3v) is 3.38. The van der Waals surface area contributed by atoms with Gasteiger partial charge in [-0.3, -0.25) is 9.59 Å². The SMILES string of the molecule is CSc1ccc(CCNC(=O)C(C)C(=O)O)cc1. The molecule has 0 aliphatic carbocycles. The summed E-state index contributed by atoms with van der Waals surface area (Å²) in [6.45, 7) is 1.83. The molecule has 0 radical (unpaired) electrons. The topological polar surface area (TPSA) is 66.4 Å². The molecule has 2 N–H and O–H groups in total. The van der Waals surface area contributed by atoms with Gasteiger partial charge in [0.25, 0.3) is 0 Å². The summed E-state index contributed by atoms with van der Waals surface area (Å²) in [5, 5.41) is 11.3.